The van der Waals surface area contributed by atoms with Gasteiger partial charge in [-0.2, -0.15) is 0 Å². The van der Waals surface area contributed by atoms with Gasteiger partial charge in [-0.1, -0.05) is 5.16 Å². The van der Waals surface area contributed by atoms with E-state index < -0.39 is 0 Å². The number of hydrogen-bond donors (Lipinski definition) is 1. The van der Waals surface area contributed by atoms with E-state index in [4.69, 9.17) is 13.9 Å². The molecule has 4 heterocycles. The number of nitrogens with zero attached hydrogens (tertiary/aromatic N) is 4. The number of hydrogen-bond acceptors (Lipinski definition) is 7. The fourth-order valence-electron chi connectivity index (χ4n) is 3.21. The number of aromatic nitrogens is 3. The van der Waals surface area contributed by atoms with E-state index in [0.29, 0.717) is 11.7 Å². The molecule has 130 valence electrons. The molecule has 0 saturated carbocycles. The summed E-state index contributed by atoms with van der Waals surface area (Å²) in [6, 6.07) is 3.73. The summed E-state index contributed by atoms with van der Waals surface area (Å²) in [5.74, 6) is 1.56. The van der Waals surface area contributed by atoms with Crippen molar-refractivity contribution in [3.8, 4) is 22.6 Å². The van der Waals surface area contributed by atoms with E-state index in [1.807, 2.05) is 19.1 Å². The second kappa shape index (κ2) is 6.68. The smallest absolute Gasteiger partial charge is 0.225 e. The van der Waals surface area contributed by atoms with Gasteiger partial charge in [0.15, 0.2) is 5.76 Å². The molecule has 1 unspecified atom stereocenters. The maximum Gasteiger partial charge on any atom is 0.225 e. The van der Waals surface area contributed by atoms with Crippen molar-refractivity contribution in [2.24, 2.45) is 5.92 Å². The van der Waals surface area contributed by atoms with Crippen LogP contribution in [0.5, 0.6) is 0 Å². The summed E-state index contributed by atoms with van der Waals surface area (Å²) in [4.78, 5) is 11.4. The molecule has 1 atom stereocenters. The first kappa shape index (κ1) is 15.8. The SMILES string of the molecule is Cc1cc(-c2cnc(N3CCCC(CO)C3)nc2-c2ccoc2)on1. The molecule has 1 N–H and O–H groups in total. The molecule has 3 aromatic rings. The number of furan rings is 1. The predicted octanol–water partition coefficient (Wildman–Crippen LogP) is 2.91. The van der Waals surface area contributed by atoms with Gasteiger partial charge in [0.05, 0.1) is 29.5 Å². The van der Waals surface area contributed by atoms with Crippen molar-refractivity contribution in [3.05, 3.63) is 36.5 Å². The lowest BCUT2D eigenvalue weighted by Gasteiger charge is -2.32. The van der Waals surface area contributed by atoms with Crippen molar-refractivity contribution in [1.29, 1.82) is 0 Å². The van der Waals surface area contributed by atoms with Crippen LogP contribution in [-0.2, 0) is 0 Å². The molecule has 3 aromatic heterocycles. The lowest BCUT2D eigenvalue weighted by Crippen LogP contribution is -2.37. The summed E-state index contributed by atoms with van der Waals surface area (Å²) in [5.41, 5.74) is 3.20. The van der Waals surface area contributed by atoms with Crippen LogP contribution in [0.3, 0.4) is 0 Å². The highest BCUT2D eigenvalue weighted by atomic mass is 16.5. The summed E-state index contributed by atoms with van der Waals surface area (Å²) < 4.78 is 10.6. The van der Waals surface area contributed by atoms with E-state index in [0.717, 1.165) is 48.4 Å². The average Bonchev–Trinajstić information content (AvgIpc) is 3.33. The Balaban J connectivity index is 1.75. The number of piperidine rings is 1. The van der Waals surface area contributed by atoms with Gasteiger partial charge in [0.2, 0.25) is 5.95 Å². The lowest BCUT2D eigenvalue weighted by atomic mass is 9.99. The minimum absolute atomic E-state index is 0.195. The van der Waals surface area contributed by atoms with Gasteiger partial charge in [0.1, 0.15) is 0 Å². The number of aryl methyl sites for hydroxylation is 1. The van der Waals surface area contributed by atoms with Crippen LogP contribution in [0.2, 0.25) is 0 Å². The minimum atomic E-state index is 0.195. The Labute approximate surface area is 145 Å². The summed E-state index contributed by atoms with van der Waals surface area (Å²) in [6.07, 6.45) is 7.11. The van der Waals surface area contributed by atoms with Gasteiger partial charge in [-0.25, -0.2) is 9.97 Å². The van der Waals surface area contributed by atoms with E-state index in [9.17, 15) is 5.11 Å². The van der Waals surface area contributed by atoms with Gasteiger partial charge in [0, 0.05) is 37.5 Å². The highest BCUT2D eigenvalue weighted by molar-refractivity contribution is 5.78. The quantitative estimate of drug-likeness (QED) is 0.781. The minimum Gasteiger partial charge on any atom is -0.472 e. The molecule has 0 radical (unpaired) electrons. The van der Waals surface area contributed by atoms with Gasteiger partial charge < -0.3 is 18.9 Å². The summed E-state index contributed by atoms with van der Waals surface area (Å²) in [7, 11) is 0. The lowest BCUT2D eigenvalue weighted by molar-refractivity contribution is 0.208. The second-order valence-corrected chi connectivity index (χ2v) is 6.41. The number of aliphatic hydroxyl groups excluding tert-OH is 1. The van der Waals surface area contributed by atoms with Crippen molar-refractivity contribution in [3.63, 3.8) is 0 Å². The van der Waals surface area contributed by atoms with Crippen molar-refractivity contribution in [2.75, 3.05) is 24.6 Å². The molecule has 7 nitrogen and oxygen atoms in total. The van der Waals surface area contributed by atoms with E-state index in [2.05, 4.69) is 15.0 Å². The molecule has 0 amide bonds. The molecule has 1 fully saturated rings. The summed E-state index contributed by atoms with van der Waals surface area (Å²) in [5, 5.41) is 13.4. The Bertz CT molecular complexity index is 844. The maximum atomic E-state index is 9.46. The van der Waals surface area contributed by atoms with Gasteiger partial charge in [0.25, 0.3) is 0 Å². The molecule has 1 aliphatic heterocycles. The van der Waals surface area contributed by atoms with Crippen molar-refractivity contribution in [1.82, 2.24) is 15.1 Å². The third-order valence-corrected chi connectivity index (χ3v) is 4.52. The van der Waals surface area contributed by atoms with Crippen molar-refractivity contribution >= 4 is 5.95 Å². The van der Waals surface area contributed by atoms with Gasteiger partial charge in [-0.05, 0) is 31.7 Å². The first-order valence-corrected chi connectivity index (χ1v) is 8.43. The molecule has 1 aliphatic rings. The Morgan fingerprint density at radius 3 is 3.04 bits per heavy atom. The van der Waals surface area contributed by atoms with Crippen LogP contribution in [0.1, 0.15) is 18.5 Å². The summed E-state index contributed by atoms with van der Waals surface area (Å²) in [6.45, 7) is 3.73. The molecule has 7 heteroatoms. The molecule has 25 heavy (non-hydrogen) atoms. The standard InChI is InChI=1S/C18H20N4O3/c1-12-7-16(25-21-12)15-8-19-18(20-17(15)14-4-6-24-11-14)22-5-2-3-13(9-22)10-23/h4,6-8,11,13,23H,2-3,5,9-10H2,1H3. The maximum absolute atomic E-state index is 9.46. The Hall–Kier alpha value is -2.67. The zero-order chi connectivity index (χ0) is 17.2. The Morgan fingerprint density at radius 1 is 1.40 bits per heavy atom. The predicted molar refractivity (Wildman–Crippen MR) is 92.0 cm³/mol. The fraction of sp³-hybridized carbons (Fsp3) is 0.389. The largest absolute Gasteiger partial charge is 0.472 e. The number of rotatable bonds is 4. The van der Waals surface area contributed by atoms with Crippen LogP contribution in [0.4, 0.5) is 5.95 Å². The van der Waals surface area contributed by atoms with E-state index in [-0.39, 0.29) is 12.5 Å². The molecule has 0 spiro atoms. The van der Waals surface area contributed by atoms with E-state index in [1.54, 1.807) is 18.7 Å². The van der Waals surface area contributed by atoms with Gasteiger partial charge >= 0.3 is 0 Å². The van der Waals surface area contributed by atoms with Crippen LogP contribution in [-0.4, -0.2) is 39.9 Å². The van der Waals surface area contributed by atoms with Crippen LogP contribution < -0.4 is 4.90 Å². The molecular formula is C18H20N4O3. The monoisotopic (exact) mass is 340 g/mol. The molecule has 1 saturated heterocycles. The third kappa shape index (κ3) is 3.15. The van der Waals surface area contributed by atoms with Crippen LogP contribution in [0.25, 0.3) is 22.6 Å². The van der Waals surface area contributed by atoms with Crippen molar-refractivity contribution < 1.29 is 14.0 Å². The highest BCUT2D eigenvalue weighted by Gasteiger charge is 2.23. The molecule has 0 bridgehead atoms. The molecule has 0 aromatic carbocycles. The van der Waals surface area contributed by atoms with Crippen LogP contribution in [0.15, 0.2) is 39.8 Å². The zero-order valence-corrected chi connectivity index (χ0v) is 14.1. The molecule has 0 aliphatic carbocycles. The number of anilines is 1. The normalized spacial score (nSPS) is 17.8. The topological polar surface area (TPSA) is 88.4 Å². The fourth-order valence-corrected chi connectivity index (χ4v) is 3.21. The highest BCUT2D eigenvalue weighted by Crippen LogP contribution is 2.32. The Morgan fingerprint density at radius 2 is 2.32 bits per heavy atom. The van der Waals surface area contributed by atoms with Gasteiger partial charge in [-0.3, -0.25) is 0 Å². The average molecular weight is 340 g/mol. The number of aliphatic hydroxyl groups is 1. The zero-order valence-electron chi connectivity index (χ0n) is 14.1. The van der Waals surface area contributed by atoms with Crippen molar-refractivity contribution in [2.45, 2.75) is 19.8 Å². The molecular weight excluding hydrogens is 320 g/mol. The third-order valence-electron chi connectivity index (χ3n) is 4.52. The first-order valence-electron chi connectivity index (χ1n) is 8.43. The van der Waals surface area contributed by atoms with Crippen LogP contribution >= 0.6 is 0 Å². The van der Waals surface area contributed by atoms with Gasteiger partial charge in [-0.15, -0.1) is 0 Å². The van der Waals surface area contributed by atoms with E-state index in [1.165, 1.54) is 0 Å². The Kier molecular flexibility index (Phi) is 4.23. The summed E-state index contributed by atoms with van der Waals surface area (Å²) >= 11 is 0. The van der Waals surface area contributed by atoms with E-state index >= 15 is 0 Å². The molecule has 4 rings (SSSR count). The van der Waals surface area contributed by atoms with Crippen LogP contribution in [0, 0.1) is 12.8 Å². The first-order chi connectivity index (χ1) is 12.2. The second-order valence-electron chi connectivity index (χ2n) is 6.41.